The van der Waals surface area contributed by atoms with Crippen LogP contribution in [-0.2, 0) is 6.42 Å². The van der Waals surface area contributed by atoms with Gasteiger partial charge in [0.15, 0.2) is 0 Å². The van der Waals surface area contributed by atoms with Crippen molar-refractivity contribution in [3.05, 3.63) is 41.2 Å². The Morgan fingerprint density at radius 2 is 2.43 bits per heavy atom. The Morgan fingerprint density at radius 3 is 2.93 bits per heavy atom. The molecule has 3 N–H and O–H groups in total. The van der Waals surface area contributed by atoms with Crippen molar-refractivity contribution >= 4 is 15.9 Å². The SMILES string of the molecule is C=CCC(Cc1ccc(Br)cn1)NN. The van der Waals surface area contributed by atoms with Gasteiger partial charge in [-0.25, -0.2) is 0 Å². The van der Waals surface area contributed by atoms with Crippen LogP contribution >= 0.6 is 15.9 Å². The third kappa shape index (κ3) is 3.57. The van der Waals surface area contributed by atoms with E-state index in [1.54, 1.807) is 6.20 Å². The molecule has 0 spiro atoms. The van der Waals surface area contributed by atoms with E-state index in [0.717, 1.165) is 23.0 Å². The molecule has 4 heteroatoms. The average molecular weight is 256 g/mol. The Kier molecular flexibility index (Phi) is 4.79. The molecule has 3 nitrogen and oxygen atoms in total. The topological polar surface area (TPSA) is 50.9 Å². The Morgan fingerprint density at radius 1 is 1.64 bits per heavy atom. The van der Waals surface area contributed by atoms with Crippen molar-refractivity contribution in [2.75, 3.05) is 0 Å². The Labute approximate surface area is 92.5 Å². The van der Waals surface area contributed by atoms with Crippen molar-refractivity contribution in [2.24, 2.45) is 5.84 Å². The van der Waals surface area contributed by atoms with Gasteiger partial charge >= 0.3 is 0 Å². The van der Waals surface area contributed by atoms with Crippen LogP contribution in [0.25, 0.3) is 0 Å². The zero-order valence-corrected chi connectivity index (χ0v) is 9.50. The van der Waals surface area contributed by atoms with Gasteiger partial charge in [-0.05, 0) is 34.5 Å². The van der Waals surface area contributed by atoms with Crippen molar-refractivity contribution < 1.29 is 0 Å². The number of hydrazine groups is 1. The van der Waals surface area contributed by atoms with Gasteiger partial charge in [-0.15, -0.1) is 6.58 Å². The third-order valence-corrected chi connectivity index (χ3v) is 2.40. The summed E-state index contributed by atoms with van der Waals surface area (Å²) < 4.78 is 0.988. The number of hydrogen-bond acceptors (Lipinski definition) is 3. The number of nitrogens with two attached hydrogens (primary N) is 1. The van der Waals surface area contributed by atoms with E-state index in [9.17, 15) is 0 Å². The first-order valence-electron chi connectivity index (χ1n) is 4.43. The number of pyridine rings is 1. The van der Waals surface area contributed by atoms with Crippen LogP contribution in [0.15, 0.2) is 35.5 Å². The monoisotopic (exact) mass is 255 g/mol. The van der Waals surface area contributed by atoms with Crippen molar-refractivity contribution in [2.45, 2.75) is 18.9 Å². The number of halogens is 1. The van der Waals surface area contributed by atoms with E-state index in [4.69, 9.17) is 5.84 Å². The molecule has 0 fully saturated rings. The van der Waals surface area contributed by atoms with Gasteiger partial charge in [0.05, 0.1) is 0 Å². The minimum atomic E-state index is 0.209. The molecule has 0 aromatic carbocycles. The highest BCUT2D eigenvalue weighted by atomic mass is 79.9. The summed E-state index contributed by atoms with van der Waals surface area (Å²) in [4.78, 5) is 4.27. The molecule has 0 radical (unpaired) electrons. The number of hydrogen-bond donors (Lipinski definition) is 2. The molecule has 1 unspecified atom stereocenters. The van der Waals surface area contributed by atoms with Gasteiger partial charge in [-0.2, -0.15) is 0 Å². The molecule has 76 valence electrons. The van der Waals surface area contributed by atoms with Crippen LogP contribution in [0.4, 0.5) is 0 Å². The molecule has 14 heavy (non-hydrogen) atoms. The van der Waals surface area contributed by atoms with Gasteiger partial charge < -0.3 is 0 Å². The fraction of sp³-hybridized carbons (Fsp3) is 0.300. The zero-order chi connectivity index (χ0) is 10.4. The lowest BCUT2D eigenvalue weighted by Gasteiger charge is -2.12. The number of rotatable bonds is 5. The first-order chi connectivity index (χ1) is 6.76. The molecule has 0 saturated carbocycles. The van der Waals surface area contributed by atoms with Gasteiger partial charge in [0.25, 0.3) is 0 Å². The van der Waals surface area contributed by atoms with Crippen LogP contribution in [-0.4, -0.2) is 11.0 Å². The fourth-order valence-corrected chi connectivity index (χ4v) is 1.43. The zero-order valence-electron chi connectivity index (χ0n) is 7.91. The van der Waals surface area contributed by atoms with E-state index in [1.165, 1.54) is 0 Å². The maximum Gasteiger partial charge on any atom is 0.0420 e. The minimum Gasteiger partial charge on any atom is -0.271 e. The predicted molar refractivity (Wildman–Crippen MR) is 61.6 cm³/mol. The van der Waals surface area contributed by atoms with E-state index in [2.05, 4.69) is 32.9 Å². The summed E-state index contributed by atoms with van der Waals surface area (Å²) in [5.74, 6) is 5.40. The molecule has 1 heterocycles. The molecule has 0 bridgehead atoms. The summed E-state index contributed by atoms with van der Waals surface area (Å²) in [6.45, 7) is 3.68. The molecule has 1 aromatic rings. The molecule has 0 saturated heterocycles. The summed E-state index contributed by atoms with van der Waals surface area (Å²) in [6, 6.07) is 4.17. The molecule has 1 rings (SSSR count). The van der Waals surface area contributed by atoms with Crippen molar-refractivity contribution in [1.29, 1.82) is 0 Å². The summed E-state index contributed by atoms with van der Waals surface area (Å²) in [5, 5.41) is 0. The first kappa shape index (κ1) is 11.4. The van der Waals surface area contributed by atoms with Gasteiger partial charge in [-0.1, -0.05) is 6.08 Å². The second-order valence-electron chi connectivity index (χ2n) is 3.06. The third-order valence-electron chi connectivity index (χ3n) is 1.93. The standard InChI is InChI=1S/C10H14BrN3/c1-2-3-10(14-12)6-9-5-4-8(11)7-13-9/h2,4-5,7,10,14H,1,3,6,12H2. The van der Waals surface area contributed by atoms with E-state index in [-0.39, 0.29) is 6.04 Å². The number of nitrogens with zero attached hydrogens (tertiary/aromatic N) is 1. The van der Waals surface area contributed by atoms with Gasteiger partial charge in [0.2, 0.25) is 0 Å². The lowest BCUT2D eigenvalue weighted by molar-refractivity contribution is 0.525. The highest BCUT2D eigenvalue weighted by Gasteiger charge is 2.05. The van der Waals surface area contributed by atoms with Crippen molar-refractivity contribution in [3.8, 4) is 0 Å². The lowest BCUT2D eigenvalue weighted by atomic mass is 10.1. The molecule has 1 aromatic heterocycles. The van der Waals surface area contributed by atoms with Crippen molar-refractivity contribution in [1.82, 2.24) is 10.4 Å². The largest absolute Gasteiger partial charge is 0.271 e. The average Bonchev–Trinajstić information content (AvgIpc) is 2.20. The van der Waals surface area contributed by atoms with Gasteiger partial charge in [0, 0.05) is 28.8 Å². The Balaban J connectivity index is 2.57. The van der Waals surface area contributed by atoms with Crippen LogP contribution in [0, 0.1) is 0 Å². The molecule has 1 atom stereocenters. The second-order valence-corrected chi connectivity index (χ2v) is 3.98. The first-order valence-corrected chi connectivity index (χ1v) is 5.23. The van der Waals surface area contributed by atoms with Gasteiger partial charge in [0.1, 0.15) is 0 Å². The summed E-state index contributed by atoms with van der Waals surface area (Å²) in [7, 11) is 0. The Bertz CT molecular complexity index is 284. The molecule has 0 aliphatic rings. The minimum absolute atomic E-state index is 0.209. The number of nitrogens with one attached hydrogen (secondary N) is 1. The van der Waals surface area contributed by atoms with Crippen LogP contribution < -0.4 is 11.3 Å². The lowest BCUT2D eigenvalue weighted by Crippen LogP contribution is -2.36. The molecular weight excluding hydrogens is 242 g/mol. The molecule has 0 aliphatic heterocycles. The maximum atomic E-state index is 5.40. The smallest absolute Gasteiger partial charge is 0.0420 e. The van der Waals surface area contributed by atoms with Crippen LogP contribution in [0.1, 0.15) is 12.1 Å². The van der Waals surface area contributed by atoms with E-state index in [1.807, 2.05) is 18.2 Å². The van der Waals surface area contributed by atoms with Crippen LogP contribution in [0.5, 0.6) is 0 Å². The van der Waals surface area contributed by atoms with E-state index in [0.29, 0.717) is 0 Å². The number of aromatic nitrogens is 1. The van der Waals surface area contributed by atoms with Crippen molar-refractivity contribution in [3.63, 3.8) is 0 Å². The predicted octanol–water partition coefficient (Wildman–Crippen LogP) is 1.79. The normalized spacial score (nSPS) is 12.4. The molecule has 0 aliphatic carbocycles. The Hall–Kier alpha value is -0.710. The highest BCUT2D eigenvalue weighted by molar-refractivity contribution is 9.10. The van der Waals surface area contributed by atoms with Crippen LogP contribution in [0.2, 0.25) is 0 Å². The second kappa shape index (κ2) is 5.90. The maximum absolute atomic E-state index is 5.40. The summed E-state index contributed by atoms with van der Waals surface area (Å²) in [5.41, 5.74) is 3.77. The van der Waals surface area contributed by atoms with E-state index < -0.39 is 0 Å². The van der Waals surface area contributed by atoms with E-state index >= 15 is 0 Å². The molecule has 0 amide bonds. The quantitative estimate of drug-likeness (QED) is 0.479. The van der Waals surface area contributed by atoms with Gasteiger partial charge in [-0.3, -0.25) is 16.3 Å². The fourth-order valence-electron chi connectivity index (χ4n) is 1.19. The highest BCUT2D eigenvalue weighted by Crippen LogP contribution is 2.09. The molecular formula is C10H14BrN3. The summed E-state index contributed by atoms with van der Waals surface area (Å²) in [6.07, 6.45) is 5.30. The van der Waals surface area contributed by atoms with Crippen LogP contribution in [0.3, 0.4) is 0 Å². The summed E-state index contributed by atoms with van der Waals surface area (Å²) >= 11 is 3.34.